The predicted octanol–water partition coefficient (Wildman–Crippen LogP) is 1.62. The third-order valence-electron chi connectivity index (χ3n) is 3.11. The molecule has 0 bridgehead atoms. The highest BCUT2D eigenvalue weighted by Gasteiger charge is 2.12. The molecule has 1 aliphatic rings. The summed E-state index contributed by atoms with van der Waals surface area (Å²) in [5.41, 5.74) is 2.03. The van der Waals surface area contributed by atoms with E-state index >= 15 is 0 Å². The number of nitrogens with one attached hydrogen (secondary N) is 3. The van der Waals surface area contributed by atoms with E-state index in [2.05, 4.69) is 16.0 Å². The molecular formula is C13H19N3O2. The number of amides is 1. The third kappa shape index (κ3) is 3.92. The fraction of sp³-hybridized carbons (Fsp3) is 0.462. The van der Waals surface area contributed by atoms with E-state index in [9.17, 15) is 4.79 Å². The van der Waals surface area contributed by atoms with E-state index in [4.69, 9.17) is 5.11 Å². The molecule has 2 rings (SSSR count). The van der Waals surface area contributed by atoms with Crippen LogP contribution in [0.15, 0.2) is 24.3 Å². The van der Waals surface area contributed by atoms with Crippen molar-refractivity contribution in [2.45, 2.75) is 25.4 Å². The Kier molecular flexibility index (Phi) is 4.41. The van der Waals surface area contributed by atoms with Crippen molar-refractivity contribution in [2.24, 2.45) is 0 Å². The molecule has 0 unspecified atom stereocenters. The van der Waals surface area contributed by atoms with Gasteiger partial charge in [0.05, 0.1) is 0 Å². The molecule has 0 aliphatic carbocycles. The molecule has 5 heteroatoms. The Morgan fingerprint density at radius 3 is 2.78 bits per heavy atom. The molecule has 1 amide bonds. The van der Waals surface area contributed by atoms with Gasteiger partial charge in [0.15, 0.2) is 0 Å². The summed E-state index contributed by atoms with van der Waals surface area (Å²) in [5, 5.41) is 17.7. The molecule has 1 aromatic carbocycles. The number of hydrogen-bond donors (Lipinski definition) is 4. The minimum Gasteiger partial charge on any atom is -0.465 e. The summed E-state index contributed by atoms with van der Waals surface area (Å²) in [6, 6.07) is 8.39. The third-order valence-corrected chi connectivity index (χ3v) is 3.11. The summed E-state index contributed by atoms with van der Waals surface area (Å²) >= 11 is 0. The standard InChI is InChI=1S/C13H19N3O2/c17-13(18)16-8-10-3-5-11(6-4-10)15-9-12-2-1-7-14-12/h3-6,12,14-16H,1-2,7-9H2,(H,17,18)/t12-/m0/s1. The number of anilines is 1. The second-order valence-corrected chi connectivity index (χ2v) is 4.53. The quantitative estimate of drug-likeness (QED) is 0.640. The fourth-order valence-electron chi connectivity index (χ4n) is 2.09. The Morgan fingerprint density at radius 1 is 1.39 bits per heavy atom. The van der Waals surface area contributed by atoms with E-state index in [1.54, 1.807) is 0 Å². The summed E-state index contributed by atoms with van der Waals surface area (Å²) < 4.78 is 0. The monoisotopic (exact) mass is 249 g/mol. The zero-order valence-electron chi connectivity index (χ0n) is 10.3. The van der Waals surface area contributed by atoms with Gasteiger partial charge in [-0.2, -0.15) is 0 Å². The van der Waals surface area contributed by atoms with Crippen LogP contribution in [0.3, 0.4) is 0 Å². The Morgan fingerprint density at radius 2 is 2.17 bits per heavy atom. The van der Waals surface area contributed by atoms with Crippen LogP contribution >= 0.6 is 0 Å². The van der Waals surface area contributed by atoms with Crippen molar-refractivity contribution in [3.8, 4) is 0 Å². The molecule has 4 N–H and O–H groups in total. The molecule has 1 aliphatic heterocycles. The van der Waals surface area contributed by atoms with Gasteiger partial charge in [0.25, 0.3) is 0 Å². The molecule has 0 spiro atoms. The highest BCUT2D eigenvalue weighted by Crippen LogP contribution is 2.11. The van der Waals surface area contributed by atoms with Gasteiger partial charge in [-0.3, -0.25) is 0 Å². The van der Waals surface area contributed by atoms with Crippen molar-refractivity contribution in [2.75, 3.05) is 18.4 Å². The molecule has 0 aromatic heterocycles. The molecule has 1 saturated heterocycles. The first-order valence-electron chi connectivity index (χ1n) is 6.27. The Hall–Kier alpha value is -1.75. The summed E-state index contributed by atoms with van der Waals surface area (Å²) in [4.78, 5) is 10.4. The lowest BCUT2D eigenvalue weighted by atomic mass is 10.2. The van der Waals surface area contributed by atoms with E-state index in [0.717, 1.165) is 24.3 Å². The van der Waals surface area contributed by atoms with Gasteiger partial charge in [0, 0.05) is 24.8 Å². The van der Waals surface area contributed by atoms with Gasteiger partial charge < -0.3 is 21.1 Å². The van der Waals surface area contributed by atoms with Gasteiger partial charge in [-0.25, -0.2) is 4.79 Å². The number of benzene rings is 1. The first kappa shape index (κ1) is 12.7. The minimum atomic E-state index is -0.996. The zero-order valence-corrected chi connectivity index (χ0v) is 10.3. The van der Waals surface area contributed by atoms with Crippen LogP contribution in [-0.4, -0.2) is 30.3 Å². The maximum absolute atomic E-state index is 10.4. The van der Waals surface area contributed by atoms with Gasteiger partial charge in [0.2, 0.25) is 0 Å². The van der Waals surface area contributed by atoms with E-state index in [1.807, 2.05) is 24.3 Å². The minimum absolute atomic E-state index is 0.347. The molecule has 1 atom stereocenters. The van der Waals surface area contributed by atoms with Crippen LogP contribution < -0.4 is 16.0 Å². The number of carboxylic acid groups (broad SMARTS) is 1. The lowest BCUT2D eigenvalue weighted by Crippen LogP contribution is -2.29. The predicted molar refractivity (Wildman–Crippen MR) is 70.8 cm³/mol. The van der Waals surface area contributed by atoms with Gasteiger partial charge >= 0.3 is 6.09 Å². The Labute approximate surface area is 107 Å². The van der Waals surface area contributed by atoms with E-state index < -0.39 is 6.09 Å². The normalized spacial score (nSPS) is 18.6. The SMILES string of the molecule is O=C(O)NCc1ccc(NC[C@@H]2CCCN2)cc1. The van der Waals surface area contributed by atoms with Gasteiger partial charge in [-0.05, 0) is 37.1 Å². The van der Waals surface area contributed by atoms with E-state index in [1.165, 1.54) is 12.8 Å². The lowest BCUT2D eigenvalue weighted by molar-refractivity contribution is 0.194. The number of hydrogen-bond acceptors (Lipinski definition) is 3. The maximum Gasteiger partial charge on any atom is 0.404 e. The van der Waals surface area contributed by atoms with Crippen LogP contribution in [0.5, 0.6) is 0 Å². The van der Waals surface area contributed by atoms with E-state index in [-0.39, 0.29) is 0 Å². The Bertz CT molecular complexity index is 386. The average molecular weight is 249 g/mol. The summed E-state index contributed by atoms with van der Waals surface area (Å²) in [6.45, 7) is 2.40. The van der Waals surface area contributed by atoms with Crippen molar-refractivity contribution in [3.05, 3.63) is 29.8 Å². The van der Waals surface area contributed by atoms with Crippen LogP contribution in [0.2, 0.25) is 0 Å². The smallest absolute Gasteiger partial charge is 0.404 e. The van der Waals surface area contributed by atoms with Crippen LogP contribution in [0.1, 0.15) is 18.4 Å². The van der Waals surface area contributed by atoms with Crippen molar-refractivity contribution in [1.82, 2.24) is 10.6 Å². The fourth-order valence-corrected chi connectivity index (χ4v) is 2.09. The van der Waals surface area contributed by atoms with Gasteiger partial charge in [-0.15, -0.1) is 0 Å². The second kappa shape index (κ2) is 6.26. The summed E-state index contributed by atoms with van der Waals surface area (Å²) in [6.07, 6.45) is 1.49. The number of carbonyl (C=O) groups is 1. The lowest BCUT2D eigenvalue weighted by Gasteiger charge is -2.12. The molecule has 0 saturated carbocycles. The molecule has 1 fully saturated rings. The highest BCUT2D eigenvalue weighted by atomic mass is 16.4. The van der Waals surface area contributed by atoms with Crippen LogP contribution in [-0.2, 0) is 6.54 Å². The van der Waals surface area contributed by atoms with Crippen LogP contribution in [0.25, 0.3) is 0 Å². The topological polar surface area (TPSA) is 73.4 Å². The molecule has 18 heavy (non-hydrogen) atoms. The molecular weight excluding hydrogens is 230 g/mol. The van der Waals surface area contributed by atoms with Crippen LogP contribution in [0.4, 0.5) is 10.5 Å². The molecule has 1 heterocycles. The zero-order chi connectivity index (χ0) is 12.8. The molecule has 0 radical (unpaired) electrons. The van der Waals surface area contributed by atoms with Crippen LogP contribution in [0, 0.1) is 0 Å². The molecule has 5 nitrogen and oxygen atoms in total. The second-order valence-electron chi connectivity index (χ2n) is 4.53. The van der Waals surface area contributed by atoms with Crippen molar-refractivity contribution >= 4 is 11.8 Å². The van der Waals surface area contributed by atoms with Crippen molar-refractivity contribution in [1.29, 1.82) is 0 Å². The first-order valence-corrected chi connectivity index (χ1v) is 6.27. The highest BCUT2D eigenvalue weighted by molar-refractivity contribution is 5.64. The Balaban J connectivity index is 1.77. The first-order chi connectivity index (χ1) is 8.74. The average Bonchev–Trinajstić information content (AvgIpc) is 2.88. The van der Waals surface area contributed by atoms with Gasteiger partial charge in [-0.1, -0.05) is 12.1 Å². The van der Waals surface area contributed by atoms with E-state index in [0.29, 0.717) is 12.6 Å². The summed E-state index contributed by atoms with van der Waals surface area (Å²) in [7, 11) is 0. The van der Waals surface area contributed by atoms with Crippen molar-refractivity contribution in [3.63, 3.8) is 0 Å². The summed E-state index contributed by atoms with van der Waals surface area (Å²) in [5.74, 6) is 0. The van der Waals surface area contributed by atoms with Crippen molar-refractivity contribution < 1.29 is 9.90 Å². The number of rotatable bonds is 5. The molecule has 1 aromatic rings. The maximum atomic E-state index is 10.4. The van der Waals surface area contributed by atoms with Gasteiger partial charge in [0.1, 0.15) is 0 Å². The largest absolute Gasteiger partial charge is 0.465 e. The molecule has 98 valence electrons.